The first kappa shape index (κ1) is 16.6. The van der Waals surface area contributed by atoms with E-state index in [1.165, 1.54) is 30.3 Å². The van der Waals surface area contributed by atoms with Gasteiger partial charge in [-0.2, -0.15) is 14.0 Å². The zero-order valence-corrected chi connectivity index (χ0v) is 11.5. The third-order valence-corrected chi connectivity index (χ3v) is 2.49. The van der Waals surface area contributed by atoms with Crippen molar-refractivity contribution in [2.75, 3.05) is 6.61 Å². The average Bonchev–Trinajstić information content (AvgIpc) is 2.46. The molecule has 0 spiro atoms. The molecule has 0 aromatic heterocycles. The van der Waals surface area contributed by atoms with Crippen molar-refractivity contribution in [2.24, 2.45) is 0 Å². The fourth-order valence-electron chi connectivity index (χ4n) is 1.44. The number of unbranched alkanes of at least 4 members (excludes halogenated alkanes) is 1. The van der Waals surface area contributed by atoms with Crippen LogP contribution in [0.25, 0.3) is 6.08 Å². The molecule has 1 aromatic rings. The van der Waals surface area contributed by atoms with Crippen LogP contribution >= 0.6 is 0 Å². The van der Waals surface area contributed by atoms with Crippen LogP contribution in [0.5, 0.6) is 5.75 Å². The van der Waals surface area contributed by atoms with Crippen molar-refractivity contribution in [2.45, 2.75) is 26.4 Å². The number of nitriles is 1. The standard InChI is InChI=1S/C15H15F2NO3/c1-2-3-8-20-14(19)12(10-18)9-11-4-6-13(7-5-11)21-15(16)17/h4-7,9,15H,2-3,8H2,1H3/b12-9-. The molecule has 0 aliphatic carbocycles. The highest BCUT2D eigenvalue weighted by Crippen LogP contribution is 2.17. The second-order valence-corrected chi connectivity index (χ2v) is 4.11. The van der Waals surface area contributed by atoms with Gasteiger partial charge in [-0.25, -0.2) is 4.79 Å². The van der Waals surface area contributed by atoms with E-state index in [2.05, 4.69) is 4.74 Å². The fraction of sp³-hybridized carbons (Fsp3) is 0.333. The van der Waals surface area contributed by atoms with Crippen LogP contribution in [0.3, 0.4) is 0 Å². The molecule has 0 aliphatic rings. The topological polar surface area (TPSA) is 59.3 Å². The molecule has 21 heavy (non-hydrogen) atoms. The van der Waals surface area contributed by atoms with Crippen molar-refractivity contribution in [1.29, 1.82) is 5.26 Å². The van der Waals surface area contributed by atoms with E-state index >= 15 is 0 Å². The molecule has 1 rings (SSSR count). The minimum absolute atomic E-state index is 0.00572. The third kappa shape index (κ3) is 6.04. The van der Waals surface area contributed by atoms with Gasteiger partial charge >= 0.3 is 12.6 Å². The van der Waals surface area contributed by atoms with Crippen molar-refractivity contribution < 1.29 is 23.0 Å². The van der Waals surface area contributed by atoms with Gasteiger partial charge in [-0.1, -0.05) is 25.5 Å². The maximum atomic E-state index is 12.0. The van der Waals surface area contributed by atoms with Crippen LogP contribution in [-0.4, -0.2) is 19.2 Å². The minimum atomic E-state index is -2.89. The van der Waals surface area contributed by atoms with E-state index in [1.807, 2.05) is 6.92 Å². The lowest BCUT2D eigenvalue weighted by Crippen LogP contribution is -2.07. The summed E-state index contributed by atoms with van der Waals surface area (Å²) in [5.74, 6) is -0.690. The molecule has 0 radical (unpaired) electrons. The van der Waals surface area contributed by atoms with Crippen LogP contribution in [0.15, 0.2) is 29.8 Å². The lowest BCUT2D eigenvalue weighted by molar-refractivity contribution is -0.138. The summed E-state index contributed by atoms with van der Waals surface area (Å²) < 4.78 is 33.1. The number of halogens is 2. The Balaban J connectivity index is 2.74. The number of benzene rings is 1. The number of nitrogens with zero attached hydrogens (tertiary/aromatic N) is 1. The molecular formula is C15H15F2NO3. The molecule has 0 saturated carbocycles. The first-order chi connectivity index (χ1) is 10.1. The van der Waals surface area contributed by atoms with Crippen molar-refractivity contribution >= 4 is 12.0 Å². The summed E-state index contributed by atoms with van der Waals surface area (Å²) >= 11 is 0. The van der Waals surface area contributed by atoms with Crippen LogP contribution in [0, 0.1) is 11.3 Å². The number of ether oxygens (including phenoxy) is 2. The Bertz CT molecular complexity index is 533. The summed E-state index contributed by atoms with van der Waals surface area (Å²) in [6.07, 6.45) is 2.94. The molecule has 0 heterocycles. The molecule has 0 aliphatic heterocycles. The molecule has 0 saturated heterocycles. The first-order valence-electron chi connectivity index (χ1n) is 6.40. The molecule has 0 N–H and O–H groups in total. The summed E-state index contributed by atoms with van der Waals surface area (Å²) in [5.41, 5.74) is 0.370. The van der Waals surface area contributed by atoms with Gasteiger partial charge in [0.15, 0.2) is 0 Å². The minimum Gasteiger partial charge on any atom is -0.462 e. The fourth-order valence-corrected chi connectivity index (χ4v) is 1.44. The van der Waals surface area contributed by atoms with E-state index in [9.17, 15) is 13.6 Å². The second-order valence-electron chi connectivity index (χ2n) is 4.11. The largest absolute Gasteiger partial charge is 0.462 e. The zero-order chi connectivity index (χ0) is 15.7. The molecule has 112 valence electrons. The molecule has 0 bridgehead atoms. The zero-order valence-electron chi connectivity index (χ0n) is 11.5. The maximum Gasteiger partial charge on any atom is 0.387 e. The highest BCUT2D eigenvalue weighted by atomic mass is 19.3. The molecule has 0 unspecified atom stereocenters. The summed E-state index contributed by atoms with van der Waals surface area (Å²) in [7, 11) is 0. The highest BCUT2D eigenvalue weighted by Gasteiger charge is 2.10. The third-order valence-electron chi connectivity index (χ3n) is 2.49. The van der Waals surface area contributed by atoms with Gasteiger partial charge in [0.25, 0.3) is 0 Å². The molecule has 6 heteroatoms. The molecule has 4 nitrogen and oxygen atoms in total. The number of alkyl halides is 2. The van der Waals surface area contributed by atoms with Gasteiger partial charge in [-0.15, -0.1) is 0 Å². The molecule has 1 aromatic carbocycles. The number of esters is 1. The number of hydrogen-bond acceptors (Lipinski definition) is 4. The molecule has 0 fully saturated rings. The van der Waals surface area contributed by atoms with Gasteiger partial charge in [0.05, 0.1) is 6.61 Å². The van der Waals surface area contributed by atoms with Gasteiger partial charge in [-0.05, 0) is 30.2 Å². The SMILES string of the molecule is CCCCOC(=O)/C(C#N)=C\c1ccc(OC(F)F)cc1. The van der Waals surface area contributed by atoms with E-state index in [0.29, 0.717) is 5.56 Å². The van der Waals surface area contributed by atoms with Crippen LogP contribution < -0.4 is 4.74 Å². The number of hydrogen-bond donors (Lipinski definition) is 0. The average molecular weight is 295 g/mol. The van der Waals surface area contributed by atoms with E-state index in [-0.39, 0.29) is 17.9 Å². The van der Waals surface area contributed by atoms with Crippen LogP contribution in [0.2, 0.25) is 0 Å². The number of rotatable bonds is 7. The lowest BCUT2D eigenvalue weighted by atomic mass is 10.1. The van der Waals surface area contributed by atoms with Gasteiger partial charge in [0, 0.05) is 0 Å². The molecule has 0 atom stereocenters. The van der Waals surface area contributed by atoms with Crippen molar-refractivity contribution in [1.82, 2.24) is 0 Å². The maximum absolute atomic E-state index is 12.0. The van der Waals surface area contributed by atoms with E-state index in [0.717, 1.165) is 12.8 Å². The van der Waals surface area contributed by atoms with Crippen LogP contribution in [0.1, 0.15) is 25.3 Å². The van der Waals surface area contributed by atoms with Crippen molar-refractivity contribution in [3.63, 3.8) is 0 Å². The summed E-state index contributed by atoms with van der Waals surface area (Å²) in [6, 6.07) is 7.35. The van der Waals surface area contributed by atoms with Crippen LogP contribution in [-0.2, 0) is 9.53 Å². The van der Waals surface area contributed by atoms with Gasteiger partial charge in [-0.3, -0.25) is 0 Å². The van der Waals surface area contributed by atoms with Crippen molar-refractivity contribution in [3.8, 4) is 11.8 Å². The Labute approximate surface area is 121 Å². The second kappa shape index (κ2) is 8.69. The molecular weight excluding hydrogens is 280 g/mol. The van der Waals surface area contributed by atoms with Crippen molar-refractivity contribution in [3.05, 3.63) is 35.4 Å². The van der Waals surface area contributed by atoms with E-state index < -0.39 is 12.6 Å². The van der Waals surface area contributed by atoms with Gasteiger partial charge in [0.2, 0.25) is 0 Å². The van der Waals surface area contributed by atoms with Gasteiger partial charge < -0.3 is 9.47 Å². The first-order valence-corrected chi connectivity index (χ1v) is 6.40. The number of carbonyl (C=O) groups excluding carboxylic acids is 1. The molecule has 0 amide bonds. The summed E-state index contributed by atoms with van der Waals surface area (Å²) in [6.45, 7) is -0.678. The lowest BCUT2D eigenvalue weighted by Gasteiger charge is -2.05. The predicted molar refractivity (Wildman–Crippen MR) is 72.5 cm³/mol. The Morgan fingerprint density at radius 1 is 1.38 bits per heavy atom. The van der Waals surface area contributed by atoms with Gasteiger partial charge in [0.1, 0.15) is 17.4 Å². The monoisotopic (exact) mass is 295 g/mol. The van der Waals surface area contributed by atoms with Crippen LogP contribution in [0.4, 0.5) is 8.78 Å². The van der Waals surface area contributed by atoms with E-state index in [4.69, 9.17) is 10.00 Å². The quantitative estimate of drug-likeness (QED) is 0.334. The van der Waals surface area contributed by atoms with E-state index in [1.54, 1.807) is 6.07 Å². The number of carbonyl (C=O) groups is 1. The Morgan fingerprint density at radius 3 is 2.57 bits per heavy atom. The Morgan fingerprint density at radius 2 is 2.05 bits per heavy atom. The summed E-state index contributed by atoms with van der Waals surface area (Å²) in [4.78, 5) is 11.6. The summed E-state index contributed by atoms with van der Waals surface area (Å²) in [5, 5.41) is 8.94. The Kier molecular flexibility index (Phi) is 6.88. The highest BCUT2D eigenvalue weighted by molar-refractivity contribution is 5.97. The predicted octanol–water partition coefficient (Wildman–Crippen LogP) is 3.54. The smallest absolute Gasteiger partial charge is 0.387 e. The Hall–Kier alpha value is -2.42. The normalized spacial score (nSPS) is 11.1.